The van der Waals surface area contributed by atoms with E-state index in [0.29, 0.717) is 6.04 Å². The summed E-state index contributed by atoms with van der Waals surface area (Å²) in [5.74, 6) is 0. The zero-order chi connectivity index (χ0) is 11.0. The van der Waals surface area contributed by atoms with Crippen LogP contribution in [-0.4, -0.2) is 28.8 Å². The number of unbranched alkanes of at least 4 members (excludes halogenated alkanes) is 2. The van der Waals surface area contributed by atoms with Crippen LogP contribution in [0.25, 0.3) is 0 Å². The molecule has 86 valence electrons. The van der Waals surface area contributed by atoms with Crippen LogP contribution in [0.5, 0.6) is 0 Å². The van der Waals surface area contributed by atoms with Gasteiger partial charge in [0.25, 0.3) is 0 Å². The van der Waals surface area contributed by atoms with E-state index in [4.69, 9.17) is 0 Å². The van der Waals surface area contributed by atoms with E-state index in [2.05, 4.69) is 25.7 Å². The van der Waals surface area contributed by atoms with Crippen molar-refractivity contribution in [1.29, 1.82) is 0 Å². The Kier molecular flexibility index (Phi) is 8.20. The van der Waals surface area contributed by atoms with E-state index in [-0.39, 0.29) is 6.23 Å². The molecule has 0 aliphatic rings. The highest BCUT2D eigenvalue weighted by Crippen LogP contribution is 2.14. The number of hydrogen-bond acceptors (Lipinski definition) is 2. The SMILES string of the molecule is CCCCCC(CC)N(CC)C(C)O. The number of nitrogens with zero attached hydrogens (tertiary/aromatic N) is 1. The lowest BCUT2D eigenvalue weighted by Crippen LogP contribution is -2.41. The zero-order valence-corrected chi connectivity index (χ0v) is 10.3. The second-order valence-corrected chi connectivity index (χ2v) is 4.02. The fraction of sp³-hybridized carbons (Fsp3) is 1.00. The van der Waals surface area contributed by atoms with Crippen LogP contribution < -0.4 is 0 Å². The molecular formula is C12H27NO. The summed E-state index contributed by atoms with van der Waals surface area (Å²) in [6.07, 6.45) is 5.95. The van der Waals surface area contributed by atoms with Crippen LogP contribution in [0.15, 0.2) is 0 Å². The second-order valence-electron chi connectivity index (χ2n) is 4.02. The molecule has 0 saturated carbocycles. The molecule has 0 heterocycles. The molecule has 0 aliphatic carbocycles. The van der Waals surface area contributed by atoms with Gasteiger partial charge in [-0.25, -0.2) is 0 Å². The molecule has 2 atom stereocenters. The molecule has 2 nitrogen and oxygen atoms in total. The van der Waals surface area contributed by atoms with E-state index in [0.717, 1.165) is 13.0 Å². The Morgan fingerprint density at radius 3 is 2.14 bits per heavy atom. The second kappa shape index (κ2) is 8.25. The third-order valence-electron chi connectivity index (χ3n) is 2.93. The molecule has 0 bridgehead atoms. The molecule has 0 radical (unpaired) electrons. The topological polar surface area (TPSA) is 23.5 Å². The Balaban J connectivity index is 3.95. The van der Waals surface area contributed by atoms with E-state index < -0.39 is 0 Å². The molecule has 0 aromatic carbocycles. The Labute approximate surface area is 89.3 Å². The van der Waals surface area contributed by atoms with E-state index in [1.165, 1.54) is 25.7 Å². The predicted molar refractivity (Wildman–Crippen MR) is 62.3 cm³/mol. The van der Waals surface area contributed by atoms with Crippen molar-refractivity contribution in [1.82, 2.24) is 4.90 Å². The smallest absolute Gasteiger partial charge is 0.104 e. The normalized spacial score (nSPS) is 15.9. The fourth-order valence-corrected chi connectivity index (χ4v) is 2.06. The standard InChI is InChI=1S/C12H27NO/c1-5-8-9-10-12(6-2)13(7-3)11(4)14/h11-12,14H,5-10H2,1-4H3. The Bertz CT molecular complexity index is 125. The van der Waals surface area contributed by atoms with E-state index in [1.54, 1.807) is 0 Å². The van der Waals surface area contributed by atoms with Gasteiger partial charge in [-0.1, -0.05) is 40.0 Å². The summed E-state index contributed by atoms with van der Waals surface area (Å²) in [4.78, 5) is 2.19. The Morgan fingerprint density at radius 2 is 1.79 bits per heavy atom. The van der Waals surface area contributed by atoms with Crippen LogP contribution in [0, 0.1) is 0 Å². The maximum Gasteiger partial charge on any atom is 0.104 e. The lowest BCUT2D eigenvalue weighted by molar-refractivity contribution is -0.0121. The van der Waals surface area contributed by atoms with Gasteiger partial charge in [0.15, 0.2) is 0 Å². The molecule has 14 heavy (non-hydrogen) atoms. The van der Waals surface area contributed by atoms with Gasteiger partial charge in [0.05, 0.1) is 0 Å². The summed E-state index contributed by atoms with van der Waals surface area (Å²) in [5.41, 5.74) is 0. The van der Waals surface area contributed by atoms with Gasteiger partial charge >= 0.3 is 0 Å². The van der Waals surface area contributed by atoms with Crippen LogP contribution in [-0.2, 0) is 0 Å². The van der Waals surface area contributed by atoms with Crippen molar-refractivity contribution in [2.24, 2.45) is 0 Å². The van der Waals surface area contributed by atoms with Gasteiger partial charge < -0.3 is 5.11 Å². The highest BCUT2D eigenvalue weighted by molar-refractivity contribution is 4.70. The fourth-order valence-electron chi connectivity index (χ4n) is 2.06. The van der Waals surface area contributed by atoms with Gasteiger partial charge in [0.1, 0.15) is 6.23 Å². The molecule has 0 rings (SSSR count). The molecule has 0 aromatic heterocycles. The van der Waals surface area contributed by atoms with Crippen LogP contribution in [0.3, 0.4) is 0 Å². The van der Waals surface area contributed by atoms with Crippen molar-refractivity contribution in [3.8, 4) is 0 Å². The molecule has 0 aromatic rings. The van der Waals surface area contributed by atoms with Crippen LogP contribution in [0.4, 0.5) is 0 Å². The van der Waals surface area contributed by atoms with Crippen molar-refractivity contribution in [2.45, 2.75) is 72.1 Å². The minimum absolute atomic E-state index is 0.299. The van der Waals surface area contributed by atoms with Crippen LogP contribution in [0.1, 0.15) is 59.8 Å². The van der Waals surface area contributed by atoms with Gasteiger partial charge in [0, 0.05) is 6.04 Å². The zero-order valence-electron chi connectivity index (χ0n) is 10.3. The molecular weight excluding hydrogens is 174 g/mol. The number of rotatable bonds is 8. The summed E-state index contributed by atoms with van der Waals surface area (Å²) >= 11 is 0. The summed E-state index contributed by atoms with van der Waals surface area (Å²) in [6, 6.07) is 0.562. The summed E-state index contributed by atoms with van der Waals surface area (Å²) in [5, 5.41) is 9.60. The van der Waals surface area contributed by atoms with Gasteiger partial charge in [-0.05, 0) is 26.3 Å². The monoisotopic (exact) mass is 201 g/mol. The predicted octanol–water partition coefficient (Wildman–Crippen LogP) is 3.01. The molecule has 1 N–H and O–H groups in total. The molecule has 0 aliphatic heterocycles. The highest BCUT2D eigenvalue weighted by Gasteiger charge is 2.18. The average molecular weight is 201 g/mol. The van der Waals surface area contributed by atoms with E-state index in [1.807, 2.05) is 6.92 Å². The highest BCUT2D eigenvalue weighted by atomic mass is 16.3. The molecule has 2 heteroatoms. The first kappa shape index (κ1) is 13.9. The Morgan fingerprint density at radius 1 is 1.14 bits per heavy atom. The summed E-state index contributed by atoms with van der Waals surface area (Å²) < 4.78 is 0. The summed E-state index contributed by atoms with van der Waals surface area (Å²) in [7, 11) is 0. The van der Waals surface area contributed by atoms with Crippen LogP contribution in [0.2, 0.25) is 0 Å². The minimum atomic E-state index is -0.299. The molecule has 0 amide bonds. The number of aliphatic hydroxyl groups is 1. The number of hydrogen-bond donors (Lipinski definition) is 1. The Hall–Kier alpha value is -0.0800. The van der Waals surface area contributed by atoms with Crippen LogP contribution >= 0.6 is 0 Å². The minimum Gasteiger partial charge on any atom is -0.379 e. The van der Waals surface area contributed by atoms with Crippen molar-refractivity contribution in [3.05, 3.63) is 0 Å². The number of aliphatic hydroxyl groups excluding tert-OH is 1. The molecule has 0 saturated heterocycles. The first-order valence-electron chi connectivity index (χ1n) is 6.11. The largest absolute Gasteiger partial charge is 0.379 e. The van der Waals surface area contributed by atoms with E-state index >= 15 is 0 Å². The van der Waals surface area contributed by atoms with Crippen molar-refractivity contribution in [3.63, 3.8) is 0 Å². The van der Waals surface area contributed by atoms with Gasteiger partial charge in [-0.15, -0.1) is 0 Å². The van der Waals surface area contributed by atoms with Crippen molar-refractivity contribution in [2.75, 3.05) is 6.54 Å². The first-order valence-corrected chi connectivity index (χ1v) is 6.11. The third kappa shape index (κ3) is 4.97. The maximum absolute atomic E-state index is 9.60. The molecule has 0 spiro atoms. The molecule has 2 unspecified atom stereocenters. The van der Waals surface area contributed by atoms with Gasteiger partial charge in [-0.3, -0.25) is 4.90 Å². The average Bonchev–Trinajstić information content (AvgIpc) is 2.16. The lowest BCUT2D eigenvalue weighted by Gasteiger charge is -2.32. The summed E-state index contributed by atoms with van der Waals surface area (Å²) in [6.45, 7) is 9.37. The van der Waals surface area contributed by atoms with Gasteiger partial charge in [-0.2, -0.15) is 0 Å². The van der Waals surface area contributed by atoms with Crippen molar-refractivity contribution < 1.29 is 5.11 Å². The van der Waals surface area contributed by atoms with Crippen molar-refractivity contribution >= 4 is 0 Å². The third-order valence-corrected chi connectivity index (χ3v) is 2.93. The first-order chi connectivity index (χ1) is 6.67. The van der Waals surface area contributed by atoms with E-state index in [9.17, 15) is 5.11 Å². The maximum atomic E-state index is 9.60. The van der Waals surface area contributed by atoms with Gasteiger partial charge in [0.2, 0.25) is 0 Å². The lowest BCUT2D eigenvalue weighted by atomic mass is 10.0. The molecule has 0 fully saturated rings. The quantitative estimate of drug-likeness (QED) is 0.482.